The number of nitrogens with one attached hydrogen (secondary N) is 2. The molecule has 2 aromatic heterocycles. The molecule has 1 amide bonds. The van der Waals surface area contributed by atoms with Crippen LogP contribution in [-0.4, -0.2) is 73.6 Å². The highest BCUT2D eigenvalue weighted by molar-refractivity contribution is 6.99. The van der Waals surface area contributed by atoms with E-state index < -0.39 is 40.7 Å². The molecule has 0 saturated carbocycles. The van der Waals surface area contributed by atoms with Crippen molar-refractivity contribution in [2.75, 3.05) is 24.3 Å². The van der Waals surface area contributed by atoms with Crippen LogP contribution < -0.4 is 21.0 Å². The Morgan fingerprint density at radius 1 is 1.02 bits per heavy atom. The third kappa shape index (κ3) is 7.13. The van der Waals surface area contributed by atoms with Crippen LogP contribution in [0.2, 0.25) is 23.2 Å². The predicted octanol–water partition coefficient (Wildman–Crippen LogP) is 7.22. The monoisotopic (exact) mass is 746 g/mol. The number of anilines is 2. The molecule has 4 aromatic rings. The predicted molar refractivity (Wildman–Crippen MR) is 212 cm³/mol. The van der Waals surface area contributed by atoms with Crippen molar-refractivity contribution in [3.8, 4) is 0 Å². The van der Waals surface area contributed by atoms with Gasteiger partial charge in [0.15, 0.2) is 37.7 Å². The summed E-state index contributed by atoms with van der Waals surface area (Å²) >= 11 is 0. The molecule has 280 valence electrons. The second-order valence-electron chi connectivity index (χ2n) is 16.5. The van der Waals surface area contributed by atoms with Gasteiger partial charge in [-0.3, -0.25) is 14.7 Å². The van der Waals surface area contributed by atoms with Gasteiger partial charge in [-0.1, -0.05) is 122 Å². The molecule has 3 heterocycles. The van der Waals surface area contributed by atoms with Crippen LogP contribution in [0.4, 0.5) is 16.2 Å². The number of alkyl halides is 1. The molecule has 10 nitrogen and oxygen atoms in total. The average Bonchev–Trinajstić information content (AvgIpc) is 3.62. The zero-order valence-electron chi connectivity index (χ0n) is 32.5. The number of carbonyl (C=O) groups is 1. The van der Waals surface area contributed by atoms with Gasteiger partial charge < -0.3 is 18.9 Å². The van der Waals surface area contributed by atoms with E-state index in [1.54, 1.807) is 31.5 Å². The first-order valence-corrected chi connectivity index (χ1v) is 22.7. The van der Waals surface area contributed by atoms with Crippen LogP contribution >= 0.6 is 0 Å². The van der Waals surface area contributed by atoms with E-state index in [1.807, 2.05) is 36.4 Å². The van der Waals surface area contributed by atoms with Crippen molar-refractivity contribution in [2.24, 2.45) is 5.92 Å². The average molecular weight is 747 g/mol. The molecule has 0 aliphatic carbocycles. The van der Waals surface area contributed by atoms with Crippen LogP contribution in [-0.2, 0) is 18.4 Å². The molecule has 2 aromatic carbocycles. The molecular weight excluding hydrogens is 692 g/mol. The number of imidazole rings is 1. The minimum Gasteiger partial charge on any atom is -0.407 e. The number of benzene rings is 2. The molecule has 13 heteroatoms. The van der Waals surface area contributed by atoms with Gasteiger partial charge in [0.05, 0.1) is 12.9 Å². The molecule has 0 radical (unpaired) electrons. The van der Waals surface area contributed by atoms with Gasteiger partial charge in [-0.05, 0) is 33.5 Å². The minimum absolute atomic E-state index is 0.0148. The SMILES string of the molecule is C=C[C@]1(CO[Si](c2ccccc2)(c2ccccc2)C(C)(C)C)O[C@@H](n2cnc3c(NC)nc(NC(=O)C(C)C)nc32)[C@H](F)[C@@H]1O[Si](C)(C)C(C)(C)C. The van der Waals surface area contributed by atoms with Crippen molar-refractivity contribution in [1.29, 1.82) is 0 Å². The van der Waals surface area contributed by atoms with E-state index in [-0.39, 0.29) is 34.5 Å². The summed E-state index contributed by atoms with van der Waals surface area (Å²) in [6.45, 7) is 25.0. The molecule has 4 atom stereocenters. The number of carbonyl (C=O) groups excluding carboxylic acids is 1. The van der Waals surface area contributed by atoms with Gasteiger partial charge in [0.1, 0.15) is 11.7 Å². The Balaban J connectivity index is 1.66. The Hall–Kier alpha value is -3.76. The van der Waals surface area contributed by atoms with Gasteiger partial charge >= 0.3 is 0 Å². The third-order valence-corrected chi connectivity index (χ3v) is 20.0. The number of halogens is 1. The van der Waals surface area contributed by atoms with Gasteiger partial charge in [-0.15, -0.1) is 6.58 Å². The summed E-state index contributed by atoms with van der Waals surface area (Å²) in [6, 6.07) is 20.6. The molecule has 1 aliphatic heterocycles. The summed E-state index contributed by atoms with van der Waals surface area (Å²) in [4.78, 5) is 26.3. The van der Waals surface area contributed by atoms with Crippen molar-refractivity contribution in [3.05, 3.63) is 79.6 Å². The maximum absolute atomic E-state index is 17.5. The van der Waals surface area contributed by atoms with Gasteiger partial charge in [0, 0.05) is 13.0 Å². The Bertz CT molecular complexity index is 1840. The summed E-state index contributed by atoms with van der Waals surface area (Å²) in [5.41, 5.74) is -0.705. The summed E-state index contributed by atoms with van der Waals surface area (Å²) < 4.78 is 40.4. The molecule has 52 heavy (non-hydrogen) atoms. The minimum atomic E-state index is -3.09. The smallest absolute Gasteiger partial charge is 0.261 e. The fraction of sp³-hybridized carbons (Fsp3) is 0.487. The molecule has 1 aliphatic rings. The highest BCUT2D eigenvalue weighted by Gasteiger charge is 2.61. The Kier molecular flexibility index (Phi) is 11.1. The molecule has 5 rings (SSSR count). The standard InChI is InChI=1S/C39H55FN6O4Si2/c1-13-39(24-48-52(38(7,8)9,27-20-16-14-17-21-27)28-22-18-15-19-23-28)31(50-51(11,12)37(4,5)6)29(40)35(49-39)46-25-42-30-32(41-10)43-36(44-33(30)46)45-34(47)26(2)3/h13-23,25-26,29,31,35H,1,24H2,2-12H3,(H2,41,43,44,45,47)/t29-,31+,35-,39-/m1/s1. The normalized spacial score (nSPS) is 21.4. The van der Waals surface area contributed by atoms with Crippen molar-refractivity contribution in [1.82, 2.24) is 19.5 Å². The van der Waals surface area contributed by atoms with Gasteiger partial charge in [-0.2, -0.15) is 9.97 Å². The van der Waals surface area contributed by atoms with E-state index in [0.29, 0.717) is 17.0 Å². The second kappa shape index (κ2) is 14.6. The first kappa shape index (κ1) is 39.5. The molecule has 0 bridgehead atoms. The fourth-order valence-corrected chi connectivity index (χ4v) is 12.5. The number of amides is 1. The van der Waals surface area contributed by atoms with Crippen molar-refractivity contribution >= 4 is 55.8 Å². The van der Waals surface area contributed by atoms with Crippen LogP contribution in [0.15, 0.2) is 79.6 Å². The first-order chi connectivity index (χ1) is 24.3. The van der Waals surface area contributed by atoms with Crippen LogP contribution in [0.1, 0.15) is 61.6 Å². The molecule has 1 saturated heterocycles. The highest BCUT2D eigenvalue weighted by atomic mass is 28.4. The lowest BCUT2D eigenvalue weighted by Gasteiger charge is -2.46. The maximum Gasteiger partial charge on any atom is 0.261 e. The Labute approximate surface area is 309 Å². The molecule has 0 spiro atoms. The van der Waals surface area contributed by atoms with E-state index in [1.165, 1.54) is 6.33 Å². The number of hydrogen-bond donors (Lipinski definition) is 2. The summed E-state index contributed by atoms with van der Waals surface area (Å²) in [7, 11) is -3.98. The van der Waals surface area contributed by atoms with Gasteiger partial charge in [0.25, 0.3) is 8.32 Å². The molecule has 0 unspecified atom stereocenters. The number of ether oxygens (including phenoxy) is 1. The van der Waals surface area contributed by atoms with E-state index in [4.69, 9.17) is 13.6 Å². The van der Waals surface area contributed by atoms with E-state index in [9.17, 15) is 4.79 Å². The quantitative estimate of drug-likeness (QED) is 0.116. The largest absolute Gasteiger partial charge is 0.407 e. The van der Waals surface area contributed by atoms with Crippen LogP contribution in [0.5, 0.6) is 0 Å². The van der Waals surface area contributed by atoms with Crippen molar-refractivity contribution < 1.29 is 22.8 Å². The van der Waals surface area contributed by atoms with Crippen molar-refractivity contribution in [3.63, 3.8) is 0 Å². The number of aromatic nitrogens is 4. The zero-order chi connectivity index (χ0) is 38.3. The van der Waals surface area contributed by atoms with Crippen LogP contribution in [0.3, 0.4) is 0 Å². The number of nitrogens with zero attached hydrogens (tertiary/aromatic N) is 4. The summed E-state index contributed by atoms with van der Waals surface area (Å²) in [5.74, 6) is -0.0883. The lowest BCUT2D eigenvalue weighted by atomic mass is 9.97. The van der Waals surface area contributed by atoms with E-state index in [0.717, 1.165) is 10.4 Å². The molecule has 1 fully saturated rings. The zero-order valence-corrected chi connectivity index (χ0v) is 34.5. The topological polar surface area (TPSA) is 112 Å². The highest BCUT2D eigenvalue weighted by Crippen LogP contribution is 2.48. The summed E-state index contributed by atoms with van der Waals surface area (Å²) in [6.07, 6.45) is -0.812. The van der Waals surface area contributed by atoms with Crippen LogP contribution in [0.25, 0.3) is 11.2 Å². The first-order valence-electron chi connectivity index (χ1n) is 17.9. The number of hydrogen-bond acceptors (Lipinski definition) is 8. The third-order valence-electron chi connectivity index (χ3n) is 10.6. The Morgan fingerprint density at radius 3 is 2.08 bits per heavy atom. The fourth-order valence-electron chi connectivity index (χ4n) is 6.55. The van der Waals surface area contributed by atoms with Crippen LogP contribution in [0, 0.1) is 5.92 Å². The van der Waals surface area contributed by atoms with E-state index in [2.05, 4.69) is 111 Å². The van der Waals surface area contributed by atoms with E-state index >= 15 is 4.39 Å². The summed E-state index contributed by atoms with van der Waals surface area (Å²) in [5, 5.41) is 7.42. The van der Waals surface area contributed by atoms with Gasteiger partial charge in [0.2, 0.25) is 11.9 Å². The van der Waals surface area contributed by atoms with Gasteiger partial charge in [-0.25, -0.2) is 9.37 Å². The maximum atomic E-state index is 17.5. The van der Waals surface area contributed by atoms with Crippen molar-refractivity contribution in [2.45, 2.75) is 103 Å². The second-order valence-corrected chi connectivity index (χ2v) is 25.5. The molecule has 2 N–H and O–H groups in total. The Morgan fingerprint density at radius 2 is 1.60 bits per heavy atom. The lowest BCUT2D eigenvalue weighted by molar-refractivity contribution is -0.118. The number of fused-ring (bicyclic) bond motifs is 1. The molecular formula is C39H55FN6O4Si2. The lowest BCUT2D eigenvalue weighted by Crippen LogP contribution is -2.68. The number of rotatable bonds is 12.